The minimum atomic E-state index is -3.40. The molecule has 7 nitrogen and oxygen atoms in total. The van der Waals surface area contributed by atoms with E-state index in [9.17, 15) is 12.8 Å². The predicted octanol–water partition coefficient (Wildman–Crippen LogP) is 1.35. The van der Waals surface area contributed by atoms with E-state index >= 15 is 0 Å². The number of nitrogens with zero attached hydrogens (tertiary/aromatic N) is 3. The van der Waals surface area contributed by atoms with Crippen LogP contribution in [0.5, 0.6) is 0 Å². The Labute approximate surface area is 164 Å². The zero-order valence-corrected chi connectivity index (χ0v) is 16.4. The van der Waals surface area contributed by atoms with Gasteiger partial charge in [-0.25, -0.2) is 22.5 Å². The van der Waals surface area contributed by atoms with E-state index in [2.05, 4.69) is 19.5 Å². The highest BCUT2D eigenvalue weighted by Crippen LogP contribution is 2.20. The molecule has 28 heavy (non-hydrogen) atoms. The molecule has 2 N–H and O–H groups in total. The largest absolute Gasteiger partial charge is 0.396 e. The molecular weight excluding hydrogens is 383 g/mol. The van der Waals surface area contributed by atoms with Crippen LogP contribution in [0.2, 0.25) is 0 Å². The van der Waals surface area contributed by atoms with Gasteiger partial charge in [-0.3, -0.25) is 0 Å². The minimum Gasteiger partial charge on any atom is -0.396 e. The topological polar surface area (TPSA) is 85.8 Å². The van der Waals surface area contributed by atoms with Crippen molar-refractivity contribution in [2.24, 2.45) is 0 Å². The molecule has 3 rings (SSSR count). The number of aliphatic hydroxyl groups is 1. The lowest BCUT2D eigenvalue weighted by Gasteiger charge is -2.36. The van der Waals surface area contributed by atoms with Gasteiger partial charge in [-0.05, 0) is 48.4 Å². The molecule has 0 saturated carbocycles. The quantitative estimate of drug-likeness (QED) is 0.686. The van der Waals surface area contributed by atoms with Crippen LogP contribution in [-0.2, 0) is 16.6 Å². The number of aliphatic hydroxyl groups excluding tert-OH is 1. The van der Waals surface area contributed by atoms with E-state index in [1.54, 1.807) is 24.4 Å². The van der Waals surface area contributed by atoms with Gasteiger partial charge in [-0.1, -0.05) is 0 Å². The summed E-state index contributed by atoms with van der Waals surface area (Å²) in [6, 6.07) is 10.2. The van der Waals surface area contributed by atoms with E-state index in [1.807, 2.05) is 6.07 Å². The zero-order valence-electron chi connectivity index (χ0n) is 15.6. The number of piperazine rings is 1. The summed E-state index contributed by atoms with van der Waals surface area (Å²) in [6.45, 7) is 3.19. The molecule has 2 aromatic rings. The van der Waals surface area contributed by atoms with Gasteiger partial charge >= 0.3 is 0 Å². The Balaban J connectivity index is 1.56. The number of hydrogen-bond acceptors (Lipinski definition) is 6. The van der Waals surface area contributed by atoms with Crippen LogP contribution in [0.1, 0.15) is 12.0 Å². The van der Waals surface area contributed by atoms with Crippen LogP contribution < -0.4 is 14.5 Å². The molecule has 1 aromatic carbocycles. The molecule has 0 spiro atoms. The molecule has 0 unspecified atom stereocenters. The fourth-order valence-corrected chi connectivity index (χ4v) is 4.15. The average Bonchev–Trinajstić information content (AvgIpc) is 2.72. The van der Waals surface area contributed by atoms with Gasteiger partial charge in [-0.15, -0.1) is 0 Å². The molecule has 0 bridgehead atoms. The SMILES string of the molecule is O=S(=O)(CCCO)NCc1ccnc(N2CCN(c3ccc(F)cc3)CC2)c1. The number of halogens is 1. The number of hydrogen-bond donors (Lipinski definition) is 2. The second-order valence-corrected chi connectivity index (χ2v) is 8.62. The van der Waals surface area contributed by atoms with E-state index in [-0.39, 0.29) is 31.1 Å². The van der Waals surface area contributed by atoms with Crippen LogP contribution in [-0.4, -0.2) is 57.0 Å². The summed E-state index contributed by atoms with van der Waals surface area (Å²) in [7, 11) is -3.40. The first kappa shape index (κ1) is 20.5. The van der Waals surface area contributed by atoms with Gasteiger partial charge in [0.15, 0.2) is 0 Å². The number of aromatic nitrogens is 1. The fraction of sp³-hybridized carbons (Fsp3) is 0.421. The molecule has 1 aliphatic heterocycles. The summed E-state index contributed by atoms with van der Waals surface area (Å²) in [5, 5.41) is 8.77. The second-order valence-electron chi connectivity index (χ2n) is 6.69. The maximum absolute atomic E-state index is 13.1. The standard InChI is InChI=1S/C19H25FN4O3S/c20-17-2-4-18(5-3-17)23-8-10-24(11-9-23)19-14-16(6-7-21-19)15-22-28(26,27)13-1-12-25/h2-7,14,22,25H,1,8-13,15H2. The smallest absolute Gasteiger partial charge is 0.211 e. The van der Waals surface area contributed by atoms with Crippen LogP contribution in [0.25, 0.3) is 0 Å². The monoisotopic (exact) mass is 408 g/mol. The summed E-state index contributed by atoms with van der Waals surface area (Å²) in [5.74, 6) is 0.480. The molecule has 152 valence electrons. The fourth-order valence-electron chi connectivity index (χ4n) is 3.11. The summed E-state index contributed by atoms with van der Waals surface area (Å²) >= 11 is 0. The molecule has 9 heteroatoms. The Kier molecular flexibility index (Phi) is 6.82. The summed E-state index contributed by atoms with van der Waals surface area (Å²) in [5.41, 5.74) is 1.83. The third-order valence-corrected chi connectivity index (χ3v) is 6.08. The molecule has 0 amide bonds. The van der Waals surface area contributed by atoms with Crippen molar-refractivity contribution in [1.82, 2.24) is 9.71 Å². The molecule has 0 aliphatic carbocycles. The van der Waals surface area contributed by atoms with Crippen LogP contribution in [0.3, 0.4) is 0 Å². The van der Waals surface area contributed by atoms with Gasteiger partial charge in [0.25, 0.3) is 0 Å². The summed E-state index contributed by atoms with van der Waals surface area (Å²) < 4.78 is 39.4. The lowest BCUT2D eigenvalue weighted by molar-refractivity contribution is 0.295. The number of anilines is 2. The summed E-state index contributed by atoms with van der Waals surface area (Å²) in [6.07, 6.45) is 1.90. The van der Waals surface area contributed by atoms with E-state index < -0.39 is 10.0 Å². The van der Waals surface area contributed by atoms with Crippen molar-refractivity contribution >= 4 is 21.5 Å². The molecule has 1 aliphatic rings. The molecular formula is C19H25FN4O3S. The van der Waals surface area contributed by atoms with Crippen LogP contribution in [0.4, 0.5) is 15.9 Å². The normalized spacial score (nSPS) is 15.1. The Morgan fingerprint density at radius 3 is 2.43 bits per heavy atom. The molecule has 0 atom stereocenters. The Hall–Kier alpha value is -2.23. The van der Waals surface area contributed by atoms with Crippen molar-refractivity contribution in [2.45, 2.75) is 13.0 Å². The third kappa shape index (κ3) is 5.63. The van der Waals surface area contributed by atoms with Crippen LogP contribution in [0.15, 0.2) is 42.6 Å². The maximum atomic E-state index is 13.1. The van der Waals surface area contributed by atoms with E-state index in [1.165, 1.54) is 12.1 Å². The van der Waals surface area contributed by atoms with Gasteiger partial charge in [0.05, 0.1) is 5.75 Å². The molecule has 1 saturated heterocycles. The molecule has 2 heterocycles. The number of pyridine rings is 1. The van der Waals surface area contributed by atoms with Crippen molar-refractivity contribution in [1.29, 1.82) is 0 Å². The first-order valence-corrected chi connectivity index (χ1v) is 10.9. The zero-order chi connectivity index (χ0) is 20.0. The van der Waals surface area contributed by atoms with Crippen molar-refractivity contribution in [2.75, 3.05) is 48.3 Å². The lowest BCUT2D eigenvalue weighted by Crippen LogP contribution is -2.46. The van der Waals surface area contributed by atoms with Crippen LogP contribution >= 0.6 is 0 Å². The van der Waals surface area contributed by atoms with Crippen LogP contribution in [0, 0.1) is 5.82 Å². The number of benzene rings is 1. The van der Waals surface area contributed by atoms with Crippen molar-refractivity contribution in [3.05, 3.63) is 54.0 Å². The highest BCUT2D eigenvalue weighted by Gasteiger charge is 2.19. The molecule has 1 aromatic heterocycles. The van der Waals surface area contributed by atoms with Gasteiger partial charge in [0.1, 0.15) is 11.6 Å². The number of nitrogens with one attached hydrogen (secondary N) is 1. The second kappa shape index (κ2) is 9.31. The Morgan fingerprint density at radius 2 is 1.75 bits per heavy atom. The Morgan fingerprint density at radius 1 is 1.07 bits per heavy atom. The lowest BCUT2D eigenvalue weighted by atomic mass is 10.2. The minimum absolute atomic E-state index is 0.0905. The van der Waals surface area contributed by atoms with Gasteiger partial charge in [-0.2, -0.15) is 0 Å². The number of rotatable bonds is 8. The van der Waals surface area contributed by atoms with E-state index in [4.69, 9.17) is 5.11 Å². The van der Waals surface area contributed by atoms with Crippen molar-refractivity contribution in [3.8, 4) is 0 Å². The van der Waals surface area contributed by atoms with Gasteiger partial charge in [0, 0.05) is 51.2 Å². The maximum Gasteiger partial charge on any atom is 0.211 e. The first-order valence-electron chi connectivity index (χ1n) is 9.25. The Bertz CT molecular complexity index is 869. The molecule has 1 fully saturated rings. The average molecular weight is 408 g/mol. The van der Waals surface area contributed by atoms with Gasteiger partial charge < -0.3 is 14.9 Å². The van der Waals surface area contributed by atoms with Crippen molar-refractivity contribution < 1.29 is 17.9 Å². The predicted molar refractivity (Wildman–Crippen MR) is 107 cm³/mol. The number of sulfonamides is 1. The van der Waals surface area contributed by atoms with E-state index in [0.29, 0.717) is 0 Å². The van der Waals surface area contributed by atoms with Gasteiger partial charge in [0.2, 0.25) is 10.0 Å². The molecule has 0 radical (unpaired) electrons. The summed E-state index contributed by atoms with van der Waals surface area (Å²) in [4.78, 5) is 8.77. The highest BCUT2D eigenvalue weighted by atomic mass is 32.2. The van der Waals surface area contributed by atoms with Crippen molar-refractivity contribution in [3.63, 3.8) is 0 Å². The first-order chi connectivity index (χ1) is 13.5. The van der Waals surface area contributed by atoms with E-state index in [0.717, 1.165) is 43.2 Å². The highest BCUT2D eigenvalue weighted by molar-refractivity contribution is 7.89. The third-order valence-electron chi connectivity index (χ3n) is 4.67.